The largest absolute Gasteiger partial charge is 0.481 e. The van der Waals surface area contributed by atoms with Gasteiger partial charge in [0.2, 0.25) is 0 Å². The lowest BCUT2D eigenvalue weighted by atomic mass is 9.98. The van der Waals surface area contributed by atoms with Gasteiger partial charge in [0.1, 0.15) is 5.01 Å². The molecule has 1 aliphatic heterocycles. The van der Waals surface area contributed by atoms with Crippen LogP contribution < -0.4 is 0 Å². The molecule has 5 heteroatoms. The molecule has 1 aromatic heterocycles. The van der Waals surface area contributed by atoms with Crippen molar-refractivity contribution in [3.8, 4) is 0 Å². The maximum atomic E-state index is 10.7. The lowest BCUT2D eigenvalue weighted by Gasteiger charge is -2.35. The van der Waals surface area contributed by atoms with Crippen LogP contribution in [-0.4, -0.2) is 33.5 Å². The molecule has 2 heterocycles. The summed E-state index contributed by atoms with van der Waals surface area (Å²) in [6.07, 6.45) is 4.60. The number of thiazole rings is 1. The van der Waals surface area contributed by atoms with Crippen molar-refractivity contribution in [2.24, 2.45) is 0 Å². The predicted octanol–water partition coefficient (Wildman–Crippen LogP) is 2.67. The molecule has 1 N–H and O–H groups in total. The van der Waals surface area contributed by atoms with Crippen LogP contribution in [0.15, 0.2) is 5.38 Å². The summed E-state index contributed by atoms with van der Waals surface area (Å²) in [4.78, 5) is 17.6. The number of hydrogen-bond donors (Lipinski definition) is 1. The van der Waals surface area contributed by atoms with Gasteiger partial charge in [-0.2, -0.15) is 0 Å². The van der Waals surface area contributed by atoms with Crippen LogP contribution in [0, 0.1) is 6.92 Å². The van der Waals surface area contributed by atoms with E-state index in [2.05, 4.69) is 15.3 Å². The normalized spacial score (nSPS) is 21.1. The summed E-state index contributed by atoms with van der Waals surface area (Å²) in [5.74, 6) is -0.689. The minimum absolute atomic E-state index is 0.276. The molecule has 2 rings (SSSR count). The molecule has 1 aromatic rings. The van der Waals surface area contributed by atoms with Gasteiger partial charge in [0.15, 0.2) is 0 Å². The molecule has 4 nitrogen and oxygen atoms in total. The summed E-state index contributed by atoms with van der Waals surface area (Å²) in [7, 11) is 0. The molecular formula is C13H20N2O2S. The number of rotatable bonds is 5. The molecule has 1 aliphatic rings. The number of carbonyl (C=O) groups is 1. The summed E-state index contributed by atoms with van der Waals surface area (Å²) in [6, 6.07) is 0.416. The molecule has 0 aromatic carbocycles. The Morgan fingerprint density at radius 1 is 1.61 bits per heavy atom. The third kappa shape index (κ3) is 3.78. The van der Waals surface area contributed by atoms with Crippen LogP contribution in [0.1, 0.15) is 42.8 Å². The van der Waals surface area contributed by atoms with Crippen molar-refractivity contribution < 1.29 is 9.90 Å². The Labute approximate surface area is 112 Å². The van der Waals surface area contributed by atoms with Gasteiger partial charge >= 0.3 is 5.97 Å². The fraction of sp³-hybridized carbons (Fsp3) is 0.692. The Morgan fingerprint density at radius 3 is 3.11 bits per heavy atom. The Balaban J connectivity index is 1.92. The Hall–Kier alpha value is -0.940. The van der Waals surface area contributed by atoms with E-state index in [9.17, 15) is 4.79 Å². The highest BCUT2D eigenvalue weighted by Gasteiger charge is 2.23. The van der Waals surface area contributed by atoms with Crippen LogP contribution in [0.4, 0.5) is 0 Å². The topological polar surface area (TPSA) is 53.4 Å². The van der Waals surface area contributed by atoms with Crippen LogP contribution >= 0.6 is 11.3 Å². The number of piperidine rings is 1. The maximum Gasteiger partial charge on any atom is 0.303 e. The first kappa shape index (κ1) is 13.5. The first-order valence-electron chi connectivity index (χ1n) is 6.52. The maximum absolute atomic E-state index is 10.7. The summed E-state index contributed by atoms with van der Waals surface area (Å²) < 4.78 is 0. The first-order chi connectivity index (χ1) is 8.65. The van der Waals surface area contributed by atoms with Crippen LogP contribution in [-0.2, 0) is 11.3 Å². The van der Waals surface area contributed by atoms with Crippen molar-refractivity contribution in [3.63, 3.8) is 0 Å². The quantitative estimate of drug-likeness (QED) is 0.892. The van der Waals surface area contributed by atoms with Crippen molar-refractivity contribution >= 4 is 17.3 Å². The molecule has 0 radical (unpaired) electrons. The molecule has 0 spiro atoms. The average Bonchev–Trinajstić information content (AvgIpc) is 2.73. The average molecular weight is 268 g/mol. The van der Waals surface area contributed by atoms with E-state index in [0.717, 1.165) is 36.6 Å². The summed E-state index contributed by atoms with van der Waals surface area (Å²) in [6.45, 7) is 3.96. The van der Waals surface area contributed by atoms with E-state index >= 15 is 0 Å². The minimum atomic E-state index is -0.689. The van der Waals surface area contributed by atoms with E-state index in [4.69, 9.17) is 5.11 Å². The smallest absolute Gasteiger partial charge is 0.303 e. The molecule has 18 heavy (non-hydrogen) atoms. The van der Waals surface area contributed by atoms with Crippen LogP contribution in [0.25, 0.3) is 0 Å². The Morgan fingerprint density at radius 2 is 2.44 bits per heavy atom. The highest BCUT2D eigenvalue weighted by Crippen LogP contribution is 2.23. The number of carboxylic acids is 1. The monoisotopic (exact) mass is 268 g/mol. The van der Waals surface area contributed by atoms with E-state index in [-0.39, 0.29) is 6.42 Å². The predicted molar refractivity (Wildman–Crippen MR) is 71.8 cm³/mol. The van der Waals surface area contributed by atoms with Gasteiger partial charge in [0.25, 0.3) is 0 Å². The van der Waals surface area contributed by atoms with Gasteiger partial charge in [-0.3, -0.25) is 9.69 Å². The van der Waals surface area contributed by atoms with E-state index < -0.39 is 5.97 Å². The molecule has 0 aliphatic carbocycles. The van der Waals surface area contributed by atoms with Crippen molar-refractivity contribution in [1.82, 2.24) is 9.88 Å². The summed E-state index contributed by atoms with van der Waals surface area (Å²) in [5, 5.41) is 12.0. The second kappa shape index (κ2) is 6.29. The third-order valence-electron chi connectivity index (χ3n) is 3.45. The molecule has 1 atom stereocenters. The van der Waals surface area contributed by atoms with Crippen LogP contribution in [0.3, 0.4) is 0 Å². The van der Waals surface area contributed by atoms with Crippen molar-refractivity contribution in [1.29, 1.82) is 0 Å². The molecule has 1 saturated heterocycles. The summed E-state index contributed by atoms with van der Waals surface area (Å²) in [5.41, 5.74) is 1.08. The Bertz CT molecular complexity index is 405. The SMILES string of the molecule is Cc1csc(CN2CCCCC2CCC(=O)O)n1. The highest BCUT2D eigenvalue weighted by molar-refractivity contribution is 7.09. The molecule has 100 valence electrons. The number of hydrogen-bond acceptors (Lipinski definition) is 4. The number of aromatic nitrogens is 1. The lowest BCUT2D eigenvalue weighted by molar-refractivity contribution is -0.137. The van der Waals surface area contributed by atoms with E-state index in [1.165, 1.54) is 12.8 Å². The number of likely N-dealkylation sites (tertiary alicyclic amines) is 1. The number of aryl methyl sites for hydroxylation is 1. The molecule has 1 unspecified atom stereocenters. The van der Waals surface area contributed by atoms with Gasteiger partial charge in [-0.15, -0.1) is 11.3 Å². The van der Waals surface area contributed by atoms with Crippen molar-refractivity contribution in [3.05, 3.63) is 16.1 Å². The zero-order chi connectivity index (χ0) is 13.0. The van der Waals surface area contributed by atoms with Gasteiger partial charge in [-0.1, -0.05) is 6.42 Å². The number of nitrogens with zero attached hydrogens (tertiary/aromatic N) is 2. The Kier molecular flexibility index (Phi) is 4.72. The molecule has 0 amide bonds. The molecular weight excluding hydrogens is 248 g/mol. The molecule has 1 fully saturated rings. The van der Waals surface area contributed by atoms with Crippen molar-refractivity contribution in [2.45, 2.75) is 51.6 Å². The van der Waals surface area contributed by atoms with Crippen LogP contribution in [0.2, 0.25) is 0 Å². The molecule has 0 saturated carbocycles. The zero-order valence-corrected chi connectivity index (χ0v) is 11.6. The van der Waals surface area contributed by atoms with Gasteiger partial charge in [0.05, 0.1) is 6.54 Å². The van der Waals surface area contributed by atoms with Gasteiger partial charge in [-0.05, 0) is 32.7 Å². The fourth-order valence-corrected chi connectivity index (χ4v) is 3.33. The van der Waals surface area contributed by atoms with E-state index in [0.29, 0.717) is 6.04 Å². The van der Waals surface area contributed by atoms with Crippen molar-refractivity contribution in [2.75, 3.05) is 6.54 Å². The number of carboxylic acid groups (broad SMARTS) is 1. The number of aliphatic carboxylic acids is 1. The van der Waals surface area contributed by atoms with Gasteiger partial charge in [-0.25, -0.2) is 4.98 Å². The van der Waals surface area contributed by atoms with Gasteiger partial charge in [0, 0.05) is 23.5 Å². The summed E-state index contributed by atoms with van der Waals surface area (Å²) >= 11 is 1.70. The zero-order valence-electron chi connectivity index (χ0n) is 10.8. The van der Waals surface area contributed by atoms with E-state index in [1.54, 1.807) is 11.3 Å². The third-order valence-corrected chi connectivity index (χ3v) is 4.40. The standard InChI is InChI=1S/C13H20N2O2S/c1-10-9-18-12(14-10)8-15-7-3-2-4-11(15)5-6-13(16)17/h9,11H,2-8H2,1H3,(H,16,17). The van der Waals surface area contributed by atoms with Gasteiger partial charge < -0.3 is 5.11 Å². The van der Waals surface area contributed by atoms with E-state index in [1.807, 2.05) is 6.92 Å². The molecule has 0 bridgehead atoms. The fourth-order valence-electron chi connectivity index (χ4n) is 2.53. The lowest BCUT2D eigenvalue weighted by Crippen LogP contribution is -2.39. The highest BCUT2D eigenvalue weighted by atomic mass is 32.1. The van der Waals surface area contributed by atoms with Crippen LogP contribution in [0.5, 0.6) is 0 Å². The second-order valence-electron chi connectivity index (χ2n) is 4.94. The first-order valence-corrected chi connectivity index (χ1v) is 7.40. The minimum Gasteiger partial charge on any atom is -0.481 e. The second-order valence-corrected chi connectivity index (χ2v) is 5.88.